The molecule has 0 aliphatic heterocycles. The van der Waals surface area contributed by atoms with Crippen molar-refractivity contribution in [1.82, 2.24) is 15.1 Å². The first-order chi connectivity index (χ1) is 9.58. The third kappa shape index (κ3) is 5.36. The van der Waals surface area contributed by atoms with Crippen LogP contribution in [0.1, 0.15) is 39.5 Å². The number of aliphatic carboxylic acids is 1. The van der Waals surface area contributed by atoms with Gasteiger partial charge in [0.15, 0.2) is 0 Å². The summed E-state index contributed by atoms with van der Waals surface area (Å²) in [7, 11) is 0. The van der Waals surface area contributed by atoms with Gasteiger partial charge in [0, 0.05) is 19.1 Å². The highest BCUT2D eigenvalue weighted by Gasteiger charge is 2.28. The van der Waals surface area contributed by atoms with Crippen LogP contribution in [0.15, 0.2) is 0 Å². The molecule has 116 valence electrons. The SMILES string of the molecule is CCN(CC)CCNC(=O)N(CC(=O)O)C1CCCC1. The Hall–Kier alpha value is -1.30. The van der Waals surface area contributed by atoms with Gasteiger partial charge in [0.1, 0.15) is 6.54 Å². The molecule has 6 nitrogen and oxygen atoms in total. The normalized spacial score (nSPS) is 15.6. The number of likely N-dealkylation sites (N-methyl/N-ethyl adjacent to an activating group) is 1. The number of nitrogens with one attached hydrogen (secondary N) is 1. The molecule has 0 saturated heterocycles. The highest BCUT2D eigenvalue weighted by molar-refractivity contribution is 5.80. The van der Waals surface area contributed by atoms with Crippen LogP contribution in [0.25, 0.3) is 0 Å². The Morgan fingerprint density at radius 2 is 1.80 bits per heavy atom. The summed E-state index contributed by atoms with van der Waals surface area (Å²) >= 11 is 0. The van der Waals surface area contributed by atoms with Crippen molar-refractivity contribution in [1.29, 1.82) is 0 Å². The summed E-state index contributed by atoms with van der Waals surface area (Å²) in [6.45, 7) is 7.22. The molecule has 0 unspecified atom stereocenters. The number of rotatable bonds is 8. The number of carboxylic acid groups (broad SMARTS) is 1. The summed E-state index contributed by atoms with van der Waals surface area (Å²) in [4.78, 5) is 26.8. The molecule has 6 heteroatoms. The van der Waals surface area contributed by atoms with E-state index in [1.54, 1.807) is 0 Å². The van der Waals surface area contributed by atoms with Gasteiger partial charge in [-0.25, -0.2) is 4.79 Å². The van der Waals surface area contributed by atoms with Gasteiger partial charge in [0.2, 0.25) is 0 Å². The van der Waals surface area contributed by atoms with Crippen LogP contribution in [0.3, 0.4) is 0 Å². The van der Waals surface area contributed by atoms with E-state index in [9.17, 15) is 9.59 Å². The average Bonchev–Trinajstić information content (AvgIpc) is 2.94. The van der Waals surface area contributed by atoms with E-state index in [4.69, 9.17) is 5.11 Å². The van der Waals surface area contributed by atoms with Gasteiger partial charge < -0.3 is 20.2 Å². The molecule has 0 aromatic heterocycles. The molecule has 1 fully saturated rings. The van der Waals surface area contributed by atoms with Crippen LogP contribution in [0.2, 0.25) is 0 Å². The standard InChI is InChI=1S/C14H27N3O3/c1-3-16(4-2)10-9-15-14(20)17(11-13(18)19)12-7-5-6-8-12/h12H,3-11H2,1-2H3,(H,15,20)(H,18,19). The molecule has 0 spiro atoms. The molecule has 20 heavy (non-hydrogen) atoms. The van der Waals surface area contributed by atoms with Crippen molar-refractivity contribution in [3.63, 3.8) is 0 Å². The maximum Gasteiger partial charge on any atom is 0.323 e. The molecule has 2 N–H and O–H groups in total. The van der Waals surface area contributed by atoms with Crippen molar-refractivity contribution >= 4 is 12.0 Å². The highest BCUT2D eigenvalue weighted by atomic mass is 16.4. The van der Waals surface area contributed by atoms with Crippen molar-refractivity contribution in [3.8, 4) is 0 Å². The third-order valence-corrected chi connectivity index (χ3v) is 3.93. The van der Waals surface area contributed by atoms with Crippen LogP contribution in [0.5, 0.6) is 0 Å². The van der Waals surface area contributed by atoms with Gasteiger partial charge in [-0.2, -0.15) is 0 Å². The van der Waals surface area contributed by atoms with Gasteiger partial charge in [-0.05, 0) is 25.9 Å². The van der Waals surface area contributed by atoms with E-state index in [-0.39, 0.29) is 18.6 Å². The van der Waals surface area contributed by atoms with Crippen molar-refractivity contribution in [2.45, 2.75) is 45.6 Å². The van der Waals surface area contributed by atoms with Crippen LogP contribution >= 0.6 is 0 Å². The minimum absolute atomic E-state index is 0.0829. The smallest absolute Gasteiger partial charge is 0.323 e. The van der Waals surface area contributed by atoms with E-state index in [1.807, 2.05) is 0 Å². The fourth-order valence-electron chi connectivity index (χ4n) is 2.69. The van der Waals surface area contributed by atoms with E-state index in [1.165, 1.54) is 4.90 Å². The van der Waals surface area contributed by atoms with Gasteiger partial charge in [-0.15, -0.1) is 0 Å². The summed E-state index contributed by atoms with van der Waals surface area (Å²) in [6.07, 6.45) is 3.98. The van der Waals surface area contributed by atoms with Crippen molar-refractivity contribution < 1.29 is 14.7 Å². The van der Waals surface area contributed by atoms with E-state index >= 15 is 0 Å². The topological polar surface area (TPSA) is 72.9 Å². The lowest BCUT2D eigenvalue weighted by atomic mass is 10.2. The minimum atomic E-state index is -0.948. The second kappa shape index (κ2) is 8.79. The molecule has 1 aliphatic rings. The number of amides is 2. The minimum Gasteiger partial charge on any atom is -0.480 e. The number of carbonyl (C=O) groups excluding carboxylic acids is 1. The van der Waals surface area contributed by atoms with Gasteiger partial charge in [0.25, 0.3) is 0 Å². The Balaban J connectivity index is 2.44. The van der Waals surface area contributed by atoms with Crippen LogP contribution < -0.4 is 5.32 Å². The average molecular weight is 285 g/mol. The Labute approximate surface area is 121 Å². The predicted molar refractivity (Wildman–Crippen MR) is 77.8 cm³/mol. The Bertz CT molecular complexity index is 313. The molecule has 0 heterocycles. The van der Waals surface area contributed by atoms with Gasteiger partial charge in [-0.1, -0.05) is 26.7 Å². The predicted octanol–water partition coefficient (Wildman–Crippen LogP) is 1.37. The molecule has 1 aliphatic carbocycles. The second-order valence-corrected chi connectivity index (χ2v) is 5.22. The maximum absolute atomic E-state index is 12.2. The first kappa shape index (κ1) is 16.8. The summed E-state index contributed by atoms with van der Waals surface area (Å²) in [5.74, 6) is -0.948. The molecular weight excluding hydrogens is 258 g/mol. The fourth-order valence-corrected chi connectivity index (χ4v) is 2.69. The maximum atomic E-state index is 12.2. The number of nitrogens with zero attached hydrogens (tertiary/aromatic N) is 2. The van der Waals surface area contributed by atoms with Gasteiger partial charge >= 0.3 is 12.0 Å². The highest BCUT2D eigenvalue weighted by Crippen LogP contribution is 2.23. The van der Waals surface area contributed by atoms with E-state index < -0.39 is 5.97 Å². The van der Waals surface area contributed by atoms with Crippen LogP contribution in [-0.2, 0) is 4.79 Å². The molecule has 0 atom stereocenters. The third-order valence-electron chi connectivity index (χ3n) is 3.93. The summed E-state index contributed by atoms with van der Waals surface area (Å²) in [6, 6.07) is -0.161. The van der Waals surface area contributed by atoms with Crippen molar-refractivity contribution in [2.75, 3.05) is 32.7 Å². The number of hydrogen-bond donors (Lipinski definition) is 2. The van der Waals surface area contributed by atoms with Crippen molar-refractivity contribution in [2.24, 2.45) is 0 Å². The van der Waals surface area contributed by atoms with E-state index in [2.05, 4.69) is 24.1 Å². The zero-order chi connectivity index (χ0) is 15.0. The van der Waals surface area contributed by atoms with Gasteiger partial charge in [-0.3, -0.25) is 4.79 Å². The Morgan fingerprint density at radius 3 is 2.30 bits per heavy atom. The monoisotopic (exact) mass is 285 g/mol. The zero-order valence-electron chi connectivity index (χ0n) is 12.6. The Kier molecular flexibility index (Phi) is 7.36. The first-order valence-electron chi connectivity index (χ1n) is 7.57. The number of urea groups is 1. The zero-order valence-corrected chi connectivity index (χ0v) is 12.6. The fraction of sp³-hybridized carbons (Fsp3) is 0.857. The summed E-state index contributed by atoms with van der Waals surface area (Å²) < 4.78 is 0. The molecule has 2 amide bonds. The van der Waals surface area contributed by atoms with Crippen LogP contribution in [0, 0.1) is 0 Å². The molecule has 0 aromatic carbocycles. The molecule has 0 bridgehead atoms. The first-order valence-corrected chi connectivity index (χ1v) is 7.57. The van der Waals surface area contributed by atoms with Gasteiger partial charge in [0.05, 0.1) is 0 Å². The Morgan fingerprint density at radius 1 is 1.20 bits per heavy atom. The molecule has 0 radical (unpaired) electrons. The quantitative estimate of drug-likeness (QED) is 0.706. The summed E-state index contributed by atoms with van der Waals surface area (Å²) in [5.41, 5.74) is 0. The van der Waals surface area contributed by atoms with Crippen molar-refractivity contribution in [3.05, 3.63) is 0 Å². The lowest BCUT2D eigenvalue weighted by Gasteiger charge is -2.28. The summed E-state index contributed by atoms with van der Waals surface area (Å²) in [5, 5.41) is 11.8. The second-order valence-electron chi connectivity index (χ2n) is 5.22. The van der Waals surface area contributed by atoms with Crippen LogP contribution in [-0.4, -0.2) is 65.7 Å². The van der Waals surface area contributed by atoms with E-state index in [0.717, 1.165) is 45.3 Å². The van der Waals surface area contributed by atoms with Crippen LogP contribution in [0.4, 0.5) is 4.79 Å². The van der Waals surface area contributed by atoms with E-state index in [0.29, 0.717) is 6.54 Å². The molecule has 0 aromatic rings. The largest absolute Gasteiger partial charge is 0.480 e. The lowest BCUT2D eigenvalue weighted by molar-refractivity contribution is -0.138. The number of carboxylic acids is 1. The number of carbonyl (C=O) groups is 2. The molecular formula is C14H27N3O3. The molecule has 1 rings (SSSR count). The molecule has 1 saturated carbocycles. The lowest BCUT2D eigenvalue weighted by Crippen LogP contribution is -2.49. The number of hydrogen-bond acceptors (Lipinski definition) is 3.